The van der Waals surface area contributed by atoms with Gasteiger partial charge in [0.1, 0.15) is 11.5 Å². The molecular weight excluding hydrogens is 324 g/mol. The minimum Gasteiger partial charge on any atom is -0.508 e. The van der Waals surface area contributed by atoms with Crippen molar-refractivity contribution in [3.05, 3.63) is 23.3 Å². The lowest BCUT2D eigenvalue weighted by Gasteiger charge is -2.27. The van der Waals surface area contributed by atoms with E-state index in [0.29, 0.717) is 0 Å². The fourth-order valence-corrected chi connectivity index (χ4v) is 3.35. The first-order valence-electron chi connectivity index (χ1n) is 7.14. The molecule has 1 aromatic carbocycles. The van der Waals surface area contributed by atoms with Gasteiger partial charge in [-0.3, -0.25) is 0 Å². The summed E-state index contributed by atoms with van der Waals surface area (Å²) < 4.78 is 28.9. The van der Waals surface area contributed by atoms with Crippen molar-refractivity contribution in [1.82, 2.24) is 0 Å². The first-order valence-corrected chi connectivity index (χ1v) is 9.25. The molecule has 0 aromatic heterocycles. The summed E-state index contributed by atoms with van der Waals surface area (Å²) in [5, 5.41) is 10.2. The van der Waals surface area contributed by atoms with E-state index in [4.69, 9.17) is 15.8 Å². The summed E-state index contributed by atoms with van der Waals surface area (Å²) in [5.74, 6) is -0.140. The molecule has 0 aliphatic rings. The van der Waals surface area contributed by atoms with Crippen LogP contribution in [0.15, 0.2) is 12.1 Å². The van der Waals surface area contributed by atoms with Crippen LogP contribution < -0.4 is 4.18 Å². The largest absolute Gasteiger partial charge is 0.508 e. The molecule has 0 atom stereocenters. The molecule has 22 heavy (non-hydrogen) atoms. The first kappa shape index (κ1) is 19.1. The summed E-state index contributed by atoms with van der Waals surface area (Å²) in [6, 6.07) is 3.20. The van der Waals surface area contributed by atoms with Crippen LogP contribution in [0.2, 0.25) is 0 Å². The van der Waals surface area contributed by atoms with E-state index >= 15 is 0 Å². The first-order chi connectivity index (χ1) is 9.78. The van der Waals surface area contributed by atoms with Gasteiger partial charge in [-0.25, -0.2) is 0 Å². The monoisotopic (exact) mass is 348 g/mol. The SMILES string of the molecule is CC(C)(C)c1cc(C(C)(C)C)c(OS(=O)(=O)CCCl)cc1O. The van der Waals surface area contributed by atoms with Gasteiger partial charge in [0.2, 0.25) is 0 Å². The predicted octanol–water partition coefficient (Wildman–Crippen LogP) is 3.93. The van der Waals surface area contributed by atoms with Crippen LogP contribution in [0.25, 0.3) is 0 Å². The van der Waals surface area contributed by atoms with E-state index in [2.05, 4.69) is 0 Å². The zero-order valence-electron chi connectivity index (χ0n) is 14.0. The molecule has 0 unspecified atom stereocenters. The number of rotatable bonds is 4. The Morgan fingerprint density at radius 2 is 1.55 bits per heavy atom. The van der Waals surface area contributed by atoms with E-state index in [1.807, 2.05) is 47.6 Å². The Hall–Kier alpha value is -0.940. The quantitative estimate of drug-likeness (QED) is 0.661. The van der Waals surface area contributed by atoms with Crippen molar-refractivity contribution in [3.8, 4) is 11.5 Å². The minimum absolute atomic E-state index is 0.0246. The van der Waals surface area contributed by atoms with Crippen LogP contribution in [0.5, 0.6) is 11.5 Å². The van der Waals surface area contributed by atoms with Crippen LogP contribution in [0, 0.1) is 0 Å². The predicted molar refractivity (Wildman–Crippen MR) is 90.6 cm³/mol. The molecule has 0 saturated heterocycles. The smallest absolute Gasteiger partial charge is 0.310 e. The topological polar surface area (TPSA) is 63.6 Å². The molecule has 6 heteroatoms. The lowest BCUT2D eigenvalue weighted by molar-refractivity contribution is 0.433. The van der Waals surface area contributed by atoms with Crippen molar-refractivity contribution in [2.75, 3.05) is 11.6 Å². The highest BCUT2D eigenvalue weighted by atomic mass is 35.5. The lowest BCUT2D eigenvalue weighted by atomic mass is 9.80. The molecule has 0 heterocycles. The van der Waals surface area contributed by atoms with Gasteiger partial charge in [0.15, 0.2) is 0 Å². The second-order valence-corrected chi connectivity index (χ2v) is 9.47. The Morgan fingerprint density at radius 3 is 1.95 bits per heavy atom. The van der Waals surface area contributed by atoms with Crippen molar-refractivity contribution < 1.29 is 17.7 Å². The van der Waals surface area contributed by atoms with E-state index in [1.54, 1.807) is 0 Å². The van der Waals surface area contributed by atoms with E-state index in [0.717, 1.165) is 11.1 Å². The molecule has 0 spiro atoms. The lowest BCUT2D eigenvalue weighted by Crippen LogP contribution is -2.21. The third-order valence-corrected chi connectivity index (χ3v) is 4.81. The normalized spacial score (nSPS) is 13.2. The van der Waals surface area contributed by atoms with Gasteiger partial charge in [-0.05, 0) is 22.5 Å². The zero-order valence-corrected chi connectivity index (χ0v) is 15.6. The maximum Gasteiger partial charge on any atom is 0.310 e. The molecule has 126 valence electrons. The average molecular weight is 349 g/mol. The Kier molecular flexibility index (Phi) is 5.46. The van der Waals surface area contributed by atoms with Crippen LogP contribution in [0.1, 0.15) is 52.7 Å². The van der Waals surface area contributed by atoms with E-state index in [1.165, 1.54) is 6.07 Å². The van der Waals surface area contributed by atoms with Gasteiger partial charge in [-0.15, -0.1) is 11.6 Å². The van der Waals surface area contributed by atoms with Crippen molar-refractivity contribution in [3.63, 3.8) is 0 Å². The third-order valence-electron chi connectivity index (χ3n) is 3.26. The highest BCUT2D eigenvalue weighted by molar-refractivity contribution is 7.87. The highest BCUT2D eigenvalue weighted by Crippen LogP contribution is 2.41. The summed E-state index contributed by atoms with van der Waals surface area (Å²) in [6.07, 6.45) is 0. The summed E-state index contributed by atoms with van der Waals surface area (Å²) in [5.41, 5.74) is 0.879. The van der Waals surface area contributed by atoms with Crippen LogP contribution in [0.3, 0.4) is 0 Å². The highest BCUT2D eigenvalue weighted by Gasteiger charge is 2.28. The van der Waals surface area contributed by atoms with Gasteiger partial charge in [0, 0.05) is 17.5 Å². The second-order valence-electron chi connectivity index (χ2n) is 7.40. The number of phenolic OH excluding ortho intramolecular Hbond substituents is 1. The van der Waals surface area contributed by atoms with Gasteiger partial charge in [0.25, 0.3) is 0 Å². The molecule has 0 aliphatic carbocycles. The summed E-state index contributed by atoms with van der Waals surface area (Å²) in [7, 11) is -3.78. The standard InChI is InChI=1S/C16H25ClO4S/c1-15(2,3)11-9-12(16(4,5)6)14(10-13(11)18)21-22(19,20)8-7-17/h9-10,18H,7-8H2,1-6H3. The van der Waals surface area contributed by atoms with Gasteiger partial charge < -0.3 is 9.29 Å². The number of hydrogen-bond donors (Lipinski definition) is 1. The Balaban J connectivity index is 3.49. The van der Waals surface area contributed by atoms with Crippen molar-refractivity contribution in [2.24, 2.45) is 0 Å². The molecule has 1 N–H and O–H groups in total. The molecule has 0 amide bonds. The van der Waals surface area contributed by atoms with E-state index < -0.39 is 10.1 Å². The molecule has 0 saturated carbocycles. The molecular formula is C16H25ClO4S. The van der Waals surface area contributed by atoms with Crippen LogP contribution in [-0.4, -0.2) is 25.2 Å². The second kappa shape index (κ2) is 6.28. The maximum absolute atomic E-state index is 11.9. The molecule has 0 bridgehead atoms. The Morgan fingerprint density at radius 1 is 1.05 bits per heavy atom. The summed E-state index contributed by atoms with van der Waals surface area (Å²) in [4.78, 5) is 0. The van der Waals surface area contributed by atoms with Gasteiger partial charge in [-0.2, -0.15) is 8.42 Å². The Bertz CT molecular complexity index is 637. The number of halogens is 1. The number of benzene rings is 1. The van der Waals surface area contributed by atoms with Crippen LogP contribution >= 0.6 is 11.6 Å². The zero-order chi connectivity index (χ0) is 17.3. The van der Waals surface area contributed by atoms with E-state index in [9.17, 15) is 13.5 Å². The van der Waals surface area contributed by atoms with Gasteiger partial charge >= 0.3 is 10.1 Å². The number of hydrogen-bond acceptors (Lipinski definition) is 4. The minimum atomic E-state index is -3.78. The van der Waals surface area contributed by atoms with Gasteiger partial charge in [-0.1, -0.05) is 41.5 Å². The third kappa shape index (κ3) is 4.78. The van der Waals surface area contributed by atoms with Gasteiger partial charge in [0.05, 0.1) is 5.75 Å². The van der Waals surface area contributed by atoms with Crippen molar-refractivity contribution >= 4 is 21.7 Å². The van der Waals surface area contributed by atoms with E-state index in [-0.39, 0.29) is 34.0 Å². The molecule has 0 radical (unpaired) electrons. The molecule has 0 fully saturated rings. The van der Waals surface area contributed by atoms with Crippen molar-refractivity contribution in [1.29, 1.82) is 0 Å². The molecule has 0 aliphatic heterocycles. The summed E-state index contributed by atoms with van der Waals surface area (Å²) >= 11 is 5.49. The number of alkyl halides is 1. The Labute approximate surface area is 138 Å². The van der Waals surface area contributed by atoms with Crippen LogP contribution in [-0.2, 0) is 20.9 Å². The molecule has 1 aromatic rings. The number of phenols is 1. The maximum atomic E-state index is 11.9. The summed E-state index contributed by atoms with van der Waals surface area (Å²) in [6.45, 7) is 11.9. The fraction of sp³-hybridized carbons (Fsp3) is 0.625. The number of aromatic hydroxyl groups is 1. The van der Waals surface area contributed by atoms with Crippen molar-refractivity contribution in [2.45, 2.75) is 52.4 Å². The average Bonchev–Trinajstić information content (AvgIpc) is 2.24. The molecule has 4 nitrogen and oxygen atoms in total. The molecule has 1 rings (SSSR count). The fourth-order valence-electron chi connectivity index (χ4n) is 2.10. The van der Waals surface area contributed by atoms with Crippen LogP contribution in [0.4, 0.5) is 0 Å².